The van der Waals surface area contributed by atoms with Crippen LogP contribution in [0.25, 0.3) is 11.1 Å². The molecule has 0 unspecified atom stereocenters. The fourth-order valence-electron chi connectivity index (χ4n) is 1.14. The van der Waals surface area contributed by atoms with E-state index in [0.29, 0.717) is 0 Å². The summed E-state index contributed by atoms with van der Waals surface area (Å²) in [7, 11) is 0. The van der Waals surface area contributed by atoms with E-state index in [4.69, 9.17) is 5.11 Å². The van der Waals surface area contributed by atoms with E-state index in [1.807, 2.05) is 6.07 Å². The highest BCUT2D eigenvalue weighted by Crippen LogP contribution is 2.29. The molecule has 66 valence electrons. The minimum atomic E-state index is -0.261. The summed E-state index contributed by atoms with van der Waals surface area (Å²) in [6.45, 7) is 0. The lowest BCUT2D eigenvalue weighted by Gasteiger charge is -1.95. The summed E-state index contributed by atoms with van der Waals surface area (Å²) >= 11 is 1.24. The minimum absolute atomic E-state index is 0.249. The Kier molecular flexibility index (Phi) is 2.02. The highest BCUT2D eigenvalue weighted by molar-refractivity contribution is 7.12. The number of halogens is 1. The Morgan fingerprint density at radius 3 is 2.62 bits per heavy atom. The molecule has 0 radical (unpaired) electrons. The van der Waals surface area contributed by atoms with Crippen LogP contribution in [-0.2, 0) is 0 Å². The molecule has 2 aromatic rings. The van der Waals surface area contributed by atoms with E-state index in [2.05, 4.69) is 0 Å². The third-order valence-corrected chi connectivity index (χ3v) is 2.47. The molecule has 1 nitrogen and oxygen atoms in total. The van der Waals surface area contributed by atoms with Crippen LogP contribution >= 0.6 is 11.3 Å². The molecule has 0 amide bonds. The third kappa shape index (κ3) is 1.70. The van der Waals surface area contributed by atoms with E-state index in [1.165, 1.54) is 23.5 Å². The maximum absolute atomic E-state index is 12.8. The average Bonchev–Trinajstić information content (AvgIpc) is 2.52. The van der Waals surface area contributed by atoms with Crippen molar-refractivity contribution in [2.24, 2.45) is 0 Å². The predicted molar refractivity (Wildman–Crippen MR) is 51.4 cm³/mol. The second-order valence-corrected chi connectivity index (χ2v) is 3.57. The minimum Gasteiger partial charge on any atom is -0.499 e. The fourth-order valence-corrected chi connectivity index (χ4v) is 1.79. The van der Waals surface area contributed by atoms with Crippen molar-refractivity contribution in [2.75, 3.05) is 0 Å². The van der Waals surface area contributed by atoms with Gasteiger partial charge >= 0.3 is 0 Å². The van der Waals surface area contributed by atoms with E-state index < -0.39 is 0 Å². The predicted octanol–water partition coefficient (Wildman–Crippen LogP) is 3.26. The molecule has 1 N–H and O–H groups in total. The summed E-state index contributed by atoms with van der Waals surface area (Å²) in [4.78, 5) is 0. The Labute approximate surface area is 79.1 Å². The van der Waals surface area contributed by atoms with E-state index in [9.17, 15) is 4.39 Å². The van der Waals surface area contributed by atoms with Crippen LogP contribution in [0.15, 0.2) is 35.7 Å². The van der Waals surface area contributed by atoms with E-state index in [0.717, 1.165) is 11.1 Å². The summed E-state index contributed by atoms with van der Waals surface area (Å²) in [5.41, 5.74) is 1.64. The van der Waals surface area contributed by atoms with E-state index in [1.54, 1.807) is 17.5 Å². The van der Waals surface area contributed by atoms with Gasteiger partial charge in [0.25, 0.3) is 0 Å². The zero-order valence-electron chi connectivity index (χ0n) is 6.70. The molecule has 0 aliphatic rings. The molecule has 0 aliphatic carbocycles. The fraction of sp³-hybridized carbons (Fsp3) is 0. The molecule has 0 fully saturated rings. The topological polar surface area (TPSA) is 20.2 Å². The maximum Gasteiger partial charge on any atom is 0.171 e. The number of hydrogen-bond acceptors (Lipinski definition) is 2. The van der Waals surface area contributed by atoms with Crippen LogP contribution in [-0.4, -0.2) is 5.11 Å². The van der Waals surface area contributed by atoms with Crippen molar-refractivity contribution >= 4 is 11.3 Å². The van der Waals surface area contributed by atoms with Crippen LogP contribution < -0.4 is 0 Å². The molecule has 1 aromatic carbocycles. The monoisotopic (exact) mass is 194 g/mol. The molecule has 3 heteroatoms. The quantitative estimate of drug-likeness (QED) is 0.738. The first-order valence-electron chi connectivity index (χ1n) is 3.79. The molecular weight excluding hydrogens is 187 g/mol. The third-order valence-electron chi connectivity index (χ3n) is 1.74. The van der Waals surface area contributed by atoms with Gasteiger partial charge < -0.3 is 5.11 Å². The number of hydrogen-bond donors (Lipinski definition) is 1. The molecule has 1 aromatic heterocycles. The number of benzene rings is 1. The molecule has 0 bridgehead atoms. The number of rotatable bonds is 1. The van der Waals surface area contributed by atoms with Gasteiger partial charge in [0.1, 0.15) is 5.82 Å². The van der Waals surface area contributed by atoms with Crippen molar-refractivity contribution in [3.63, 3.8) is 0 Å². The summed E-state index contributed by atoms with van der Waals surface area (Å²) in [5.74, 6) is -0.261. The number of thiophene rings is 1. The van der Waals surface area contributed by atoms with Gasteiger partial charge in [-0.1, -0.05) is 12.1 Å². The molecule has 0 spiro atoms. The highest BCUT2D eigenvalue weighted by atomic mass is 32.1. The largest absolute Gasteiger partial charge is 0.499 e. The highest BCUT2D eigenvalue weighted by Gasteiger charge is 2.01. The van der Waals surface area contributed by atoms with Crippen molar-refractivity contribution in [2.45, 2.75) is 0 Å². The first-order chi connectivity index (χ1) is 6.25. The molecule has 0 aliphatic heterocycles. The molecular formula is C10H7FOS. The summed E-state index contributed by atoms with van der Waals surface area (Å²) in [6, 6.07) is 7.93. The van der Waals surface area contributed by atoms with Crippen LogP contribution in [0.1, 0.15) is 0 Å². The van der Waals surface area contributed by atoms with Crippen molar-refractivity contribution in [1.82, 2.24) is 0 Å². The second-order valence-electron chi connectivity index (χ2n) is 2.68. The second kappa shape index (κ2) is 3.18. The summed E-state index contributed by atoms with van der Waals surface area (Å²) in [5, 5.41) is 11.2. The Balaban J connectivity index is 2.46. The Hall–Kier alpha value is -1.35. The van der Waals surface area contributed by atoms with Gasteiger partial charge in [-0.3, -0.25) is 0 Å². The SMILES string of the molecule is Oc1cc(-c2cccc(F)c2)cs1. The smallest absolute Gasteiger partial charge is 0.171 e. The summed E-state index contributed by atoms with van der Waals surface area (Å²) in [6.07, 6.45) is 0. The number of aromatic hydroxyl groups is 1. The van der Waals surface area contributed by atoms with Gasteiger partial charge in [-0.25, -0.2) is 4.39 Å². The van der Waals surface area contributed by atoms with Gasteiger partial charge in [-0.2, -0.15) is 0 Å². The molecule has 1 heterocycles. The first-order valence-corrected chi connectivity index (χ1v) is 4.67. The van der Waals surface area contributed by atoms with Crippen molar-refractivity contribution in [3.05, 3.63) is 41.5 Å². The standard InChI is InChI=1S/C10H7FOS/c11-9-3-1-2-7(4-9)8-5-10(12)13-6-8/h1-6,12H. The van der Waals surface area contributed by atoms with Gasteiger partial charge in [-0.15, -0.1) is 11.3 Å². The summed E-state index contributed by atoms with van der Waals surface area (Å²) < 4.78 is 12.8. The lowest BCUT2D eigenvalue weighted by Crippen LogP contribution is -1.75. The maximum atomic E-state index is 12.8. The van der Waals surface area contributed by atoms with Crippen LogP contribution in [0, 0.1) is 5.82 Å². The van der Waals surface area contributed by atoms with Crippen molar-refractivity contribution in [1.29, 1.82) is 0 Å². The molecule has 2 rings (SSSR count). The van der Waals surface area contributed by atoms with Gasteiger partial charge in [0.15, 0.2) is 5.06 Å². The molecule has 13 heavy (non-hydrogen) atoms. The van der Waals surface area contributed by atoms with Crippen LogP contribution in [0.4, 0.5) is 4.39 Å². The van der Waals surface area contributed by atoms with Crippen LogP contribution in [0.3, 0.4) is 0 Å². The van der Waals surface area contributed by atoms with Crippen molar-refractivity contribution in [3.8, 4) is 16.2 Å². The van der Waals surface area contributed by atoms with Crippen LogP contribution in [0.5, 0.6) is 5.06 Å². The zero-order chi connectivity index (χ0) is 9.26. The van der Waals surface area contributed by atoms with E-state index >= 15 is 0 Å². The molecule has 0 atom stereocenters. The normalized spacial score (nSPS) is 10.2. The average molecular weight is 194 g/mol. The Bertz CT molecular complexity index is 422. The Morgan fingerprint density at radius 1 is 1.15 bits per heavy atom. The van der Waals surface area contributed by atoms with Gasteiger partial charge in [-0.05, 0) is 29.3 Å². The molecule has 0 saturated heterocycles. The lowest BCUT2D eigenvalue weighted by atomic mass is 10.1. The Morgan fingerprint density at radius 2 is 2.00 bits per heavy atom. The molecule has 0 saturated carbocycles. The van der Waals surface area contributed by atoms with Crippen LogP contribution in [0.2, 0.25) is 0 Å². The van der Waals surface area contributed by atoms with Gasteiger partial charge in [0.05, 0.1) is 0 Å². The van der Waals surface area contributed by atoms with E-state index in [-0.39, 0.29) is 10.9 Å². The zero-order valence-corrected chi connectivity index (χ0v) is 7.51. The van der Waals surface area contributed by atoms with Gasteiger partial charge in [0.2, 0.25) is 0 Å². The van der Waals surface area contributed by atoms with Crippen molar-refractivity contribution < 1.29 is 9.50 Å². The van der Waals surface area contributed by atoms with Gasteiger partial charge in [0, 0.05) is 5.38 Å². The lowest BCUT2D eigenvalue weighted by molar-refractivity contribution is 0.491. The first kappa shape index (κ1) is 8.26.